The summed E-state index contributed by atoms with van der Waals surface area (Å²) < 4.78 is 4.51. The average molecular weight is 386 g/mol. The van der Waals surface area contributed by atoms with Gasteiger partial charge >= 0.3 is 0 Å². The van der Waals surface area contributed by atoms with Crippen molar-refractivity contribution in [3.8, 4) is 5.82 Å². The molecule has 0 unspecified atom stereocenters. The van der Waals surface area contributed by atoms with Crippen LogP contribution in [-0.2, 0) is 0 Å². The van der Waals surface area contributed by atoms with Crippen molar-refractivity contribution in [1.29, 1.82) is 0 Å². The maximum Gasteiger partial charge on any atom is 0.274 e. The molecule has 6 heteroatoms. The molecule has 0 bridgehead atoms. The van der Waals surface area contributed by atoms with Crippen LogP contribution in [0.1, 0.15) is 22.5 Å². The van der Waals surface area contributed by atoms with Crippen LogP contribution >= 0.6 is 11.3 Å². The highest BCUT2D eigenvalue weighted by Crippen LogP contribution is 2.21. The molecular formula is C22H18N4OS. The zero-order valence-electron chi connectivity index (χ0n) is 15.8. The van der Waals surface area contributed by atoms with Crippen LogP contribution in [0.25, 0.3) is 27.9 Å². The first kappa shape index (κ1) is 16.9. The second-order valence-electron chi connectivity index (χ2n) is 6.99. The van der Waals surface area contributed by atoms with Gasteiger partial charge in [0.15, 0.2) is 4.96 Å². The number of rotatable bonds is 2. The molecule has 0 aliphatic carbocycles. The number of benzene rings is 1. The summed E-state index contributed by atoms with van der Waals surface area (Å²) in [6.45, 7) is 6.17. The van der Waals surface area contributed by atoms with Crippen molar-refractivity contribution in [3.63, 3.8) is 0 Å². The maximum atomic E-state index is 13.0. The first-order valence-electron chi connectivity index (χ1n) is 9.06. The minimum Gasteiger partial charge on any atom is -0.303 e. The predicted molar refractivity (Wildman–Crippen MR) is 113 cm³/mol. The summed E-state index contributed by atoms with van der Waals surface area (Å²) in [5, 5.41) is 0. The van der Waals surface area contributed by atoms with E-state index in [4.69, 9.17) is 0 Å². The quantitative estimate of drug-likeness (QED) is 0.466. The second kappa shape index (κ2) is 6.14. The molecule has 0 amide bonds. The SMILES string of the molecule is Cc1ccnc(-n2c(C)cc(/C=c3\sc4nc5ccccc5n4c3=O)c2C)c1. The van der Waals surface area contributed by atoms with Crippen LogP contribution in [0.4, 0.5) is 0 Å². The fourth-order valence-electron chi connectivity index (χ4n) is 3.68. The molecule has 1 aromatic carbocycles. The van der Waals surface area contributed by atoms with E-state index >= 15 is 0 Å². The maximum absolute atomic E-state index is 13.0. The van der Waals surface area contributed by atoms with Crippen LogP contribution in [0.2, 0.25) is 0 Å². The van der Waals surface area contributed by atoms with E-state index in [0.29, 0.717) is 4.53 Å². The number of aryl methyl sites for hydroxylation is 2. The van der Waals surface area contributed by atoms with E-state index in [1.54, 1.807) is 4.40 Å². The highest BCUT2D eigenvalue weighted by Gasteiger charge is 2.13. The summed E-state index contributed by atoms with van der Waals surface area (Å²) in [4.78, 5) is 22.8. The number of hydrogen-bond acceptors (Lipinski definition) is 4. The van der Waals surface area contributed by atoms with E-state index in [1.807, 2.05) is 42.6 Å². The predicted octanol–water partition coefficient (Wildman–Crippen LogP) is 3.57. The molecule has 0 fully saturated rings. The summed E-state index contributed by atoms with van der Waals surface area (Å²) in [5.74, 6) is 0.893. The van der Waals surface area contributed by atoms with Gasteiger partial charge in [-0.05, 0) is 68.3 Å². The van der Waals surface area contributed by atoms with Crippen molar-refractivity contribution in [2.45, 2.75) is 20.8 Å². The summed E-state index contributed by atoms with van der Waals surface area (Å²) in [6.07, 6.45) is 3.78. The van der Waals surface area contributed by atoms with Gasteiger partial charge < -0.3 is 4.57 Å². The van der Waals surface area contributed by atoms with Gasteiger partial charge in [-0.25, -0.2) is 14.4 Å². The fourth-order valence-corrected chi connectivity index (χ4v) is 4.66. The van der Waals surface area contributed by atoms with Gasteiger partial charge in [-0.15, -0.1) is 0 Å². The third-order valence-corrected chi connectivity index (χ3v) is 6.00. The molecule has 0 atom stereocenters. The van der Waals surface area contributed by atoms with E-state index < -0.39 is 0 Å². The lowest BCUT2D eigenvalue weighted by molar-refractivity contribution is 0.918. The van der Waals surface area contributed by atoms with Crippen LogP contribution < -0.4 is 10.1 Å². The van der Waals surface area contributed by atoms with Crippen molar-refractivity contribution in [3.05, 3.63) is 86.1 Å². The molecule has 0 aliphatic heterocycles. The van der Waals surface area contributed by atoms with Gasteiger partial charge in [0.1, 0.15) is 5.82 Å². The Labute approximate surface area is 165 Å². The lowest BCUT2D eigenvalue weighted by atomic mass is 10.2. The Balaban J connectivity index is 1.71. The molecule has 5 aromatic rings. The molecule has 5 rings (SSSR count). The van der Waals surface area contributed by atoms with Crippen molar-refractivity contribution >= 4 is 33.4 Å². The number of thiazole rings is 1. The number of nitrogens with zero attached hydrogens (tertiary/aromatic N) is 4. The number of imidazole rings is 1. The third kappa shape index (κ3) is 2.49. The molecule has 0 N–H and O–H groups in total. The molecule has 0 spiro atoms. The molecule has 4 heterocycles. The third-order valence-electron chi connectivity index (χ3n) is 5.03. The van der Waals surface area contributed by atoms with Crippen LogP contribution in [-0.4, -0.2) is 18.9 Å². The Hall–Kier alpha value is -3.25. The molecule has 5 nitrogen and oxygen atoms in total. The van der Waals surface area contributed by atoms with Gasteiger partial charge in [-0.3, -0.25) is 4.79 Å². The van der Waals surface area contributed by atoms with E-state index in [2.05, 4.69) is 47.4 Å². The van der Waals surface area contributed by atoms with E-state index in [-0.39, 0.29) is 5.56 Å². The van der Waals surface area contributed by atoms with Crippen molar-refractivity contribution < 1.29 is 0 Å². The average Bonchev–Trinajstić information content (AvgIpc) is 3.27. The number of hydrogen-bond donors (Lipinski definition) is 0. The normalized spacial score (nSPS) is 12.5. The first-order valence-corrected chi connectivity index (χ1v) is 9.88. The smallest absolute Gasteiger partial charge is 0.274 e. The van der Waals surface area contributed by atoms with Crippen LogP contribution in [0, 0.1) is 20.8 Å². The van der Waals surface area contributed by atoms with Gasteiger partial charge in [0.05, 0.1) is 15.6 Å². The lowest BCUT2D eigenvalue weighted by Crippen LogP contribution is -2.22. The zero-order chi connectivity index (χ0) is 19.4. The summed E-state index contributed by atoms with van der Waals surface area (Å²) in [6, 6.07) is 13.9. The highest BCUT2D eigenvalue weighted by molar-refractivity contribution is 7.15. The number of aromatic nitrogens is 4. The Morgan fingerprint density at radius 3 is 2.71 bits per heavy atom. The summed E-state index contributed by atoms with van der Waals surface area (Å²) in [7, 11) is 0. The molecule has 0 saturated carbocycles. The Kier molecular flexibility index (Phi) is 3.70. The fraction of sp³-hybridized carbons (Fsp3) is 0.136. The highest BCUT2D eigenvalue weighted by atomic mass is 32.1. The second-order valence-corrected chi connectivity index (χ2v) is 8.00. The van der Waals surface area contributed by atoms with Gasteiger partial charge in [0.25, 0.3) is 5.56 Å². The van der Waals surface area contributed by atoms with Crippen LogP contribution in [0.15, 0.2) is 53.5 Å². The molecule has 138 valence electrons. The topological polar surface area (TPSA) is 52.2 Å². The molecule has 28 heavy (non-hydrogen) atoms. The summed E-state index contributed by atoms with van der Waals surface area (Å²) >= 11 is 1.43. The molecule has 0 aliphatic rings. The van der Waals surface area contributed by atoms with Crippen molar-refractivity contribution in [2.75, 3.05) is 0 Å². The zero-order valence-corrected chi connectivity index (χ0v) is 16.6. The minimum atomic E-state index is -0.0211. The number of para-hydroxylation sites is 2. The van der Waals surface area contributed by atoms with Gasteiger partial charge in [-0.1, -0.05) is 23.5 Å². The number of fused-ring (bicyclic) bond motifs is 3. The van der Waals surface area contributed by atoms with Gasteiger partial charge in [-0.2, -0.15) is 0 Å². The molecule has 0 radical (unpaired) electrons. The Morgan fingerprint density at radius 1 is 1.07 bits per heavy atom. The first-order chi connectivity index (χ1) is 13.5. The standard InChI is InChI=1S/C22H18N4OS/c1-13-8-9-23-20(10-13)25-14(2)11-16(15(25)3)12-19-21(27)26-18-7-5-4-6-17(18)24-22(26)28-19/h4-12H,1-3H3/b19-12-. The van der Waals surface area contributed by atoms with Gasteiger partial charge in [0.2, 0.25) is 0 Å². The van der Waals surface area contributed by atoms with Gasteiger partial charge in [0, 0.05) is 17.6 Å². The monoisotopic (exact) mass is 386 g/mol. The van der Waals surface area contributed by atoms with E-state index in [9.17, 15) is 4.79 Å². The Bertz CT molecular complexity index is 1470. The molecular weight excluding hydrogens is 368 g/mol. The Morgan fingerprint density at radius 2 is 1.89 bits per heavy atom. The minimum absolute atomic E-state index is 0.0211. The van der Waals surface area contributed by atoms with E-state index in [1.165, 1.54) is 11.3 Å². The number of pyridine rings is 1. The largest absolute Gasteiger partial charge is 0.303 e. The van der Waals surface area contributed by atoms with Crippen molar-refractivity contribution in [2.24, 2.45) is 0 Å². The van der Waals surface area contributed by atoms with Crippen LogP contribution in [0.3, 0.4) is 0 Å². The van der Waals surface area contributed by atoms with Crippen molar-refractivity contribution in [1.82, 2.24) is 18.9 Å². The molecule has 4 aromatic heterocycles. The summed E-state index contributed by atoms with van der Waals surface area (Å²) in [5.41, 5.74) is 6.01. The lowest BCUT2D eigenvalue weighted by Gasteiger charge is -2.08. The van der Waals surface area contributed by atoms with Crippen LogP contribution in [0.5, 0.6) is 0 Å². The van der Waals surface area contributed by atoms with E-state index in [0.717, 1.165) is 44.3 Å². The molecule has 0 saturated heterocycles.